The summed E-state index contributed by atoms with van der Waals surface area (Å²) >= 11 is 3.95. The maximum atomic E-state index is 13.2. The summed E-state index contributed by atoms with van der Waals surface area (Å²) in [6.45, 7) is 7.15. The van der Waals surface area contributed by atoms with Gasteiger partial charge in [-0.15, -0.1) is 0 Å². The average molecular weight is 582 g/mol. The van der Waals surface area contributed by atoms with Gasteiger partial charge in [-0.3, -0.25) is 19.6 Å². The van der Waals surface area contributed by atoms with E-state index in [0.717, 1.165) is 35.4 Å². The number of hydrogen-bond donors (Lipinski definition) is 2. The van der Waals surface area contributed by atoms with E-state index in [1.54, 1.807) is 41.6 Å². The Labute approximate surface area is 211 Å². The van der Waals surface area contributed by atoms with Gasteiger partial charge in [-0.2, -0.15) is 16.7 Å². The molecule has 0 radical (unpaired) electrons. The molecule has 9 nitrogen and oxygen atoms in total. The molecule has 2 amide bonds. The number of carbonyl (C=O) groups is 2. The van der Waals surface area contributed by atoms with Crippen LogP contribution in [-0.2, 0) is 17.7 Å². The number of hydrogen-bond acceptors (Lipinski definition) is 6. The van der Waals surface area contributed by atoms with E-state index >= 15 is 0 Å². The van der Waals surface area contributed by atoms with E-state index in [1.807, 2.05) is 18.4 Å². The number of carbonyl (C=O) groups excluding carboxylic acids is 2. The third-order valence-electron chi connectivity index (χ3n) is 5.07. The molecular weight excluding hydrogens is 554 g/mol. The molecule has 12 heteroatoms. The summed E-state index contributed by atoms with van der Waals surface area (Å²) in [6.07, 6.45) is 1.72. The minimum atomic E-state index is -0.507. The number of nitrogens with one attached hydrogen (secondary N) is 1. The lowest BCUT2D eigenvalue weighted by molar-refractivity contribution is 0.0995. The lowest BCUT2D eigenvalue weighted by Crippen LogP contribution is -2.20. The molecule has 0 aliphatic heterocycles. The highest BCUT2D eigenvalue weighted by Gasteiger charge is 2.20. The first-order chi connectivity index (χ1) is 15.7. The molecule has 176 valence electrons. The predicted molar refractivity (Wildman–Crippen MR) is 142 cm³/mol. The Kier molecular flexibility index (Phi) is 8.82. The molecule has 2 heterocycles. The van der Waals surface area contributed by atoms with Gasteiger partial charge in [-0.05, 0) is 56.2 Å². The van der Waals surface area contributed by atoms with Crippen LogP contribution in [0, 0.1) is 13.8 Å². The van der Waals surface area contributed by atoms with Gasteiger partial charge < -0.3 is 15.0 Å². The molecule has 0 aliphatic carbocycles. The summed E-state index contributed by atoms with van der Waals surface area (Å²) in [7, 11) is 1.69. The van der Waals surface area contributed by atoms with Gasteiger partial charge in [0.15, 0.2) is 0 Å². The van der Waals surface area contributed by atoms with Crippen molar-refractivity contribution < 1.29 is 14.2 Å². The van der Waals surface area contributed by atoms with Crippen molar-refractivity contribution in [2.75, 3.05) is 18.2 Å². The zero-order valence-electron chi connectivity index (χ0n) is 19.2. The number of nitrogens with two attached hydrogens (primary N) is 1. The zero-order chi connectivity index (χ0) is 24.1. The van der Waals surface area contributed by atoms with Gasteiger partial charge in [0.1, 0.15) is 5.69 Å². The quantitative estimate of drug-likeness (QED) is 0.202. The summed E-state index contributed by atoms with van der Waals surface area (Å²) in [6, 6.07) is 5.20. The third-order valence-corrected chi connectivity index (χ3v) is 7.64. The van der Waals surface area contributed by atoms with Crippen LogP contribution >= 0.6 is 34.0 Å². The second-order valence-electron chi connectivity index (χ2n) is 7.69. The van der Waals surface area contributed by atoms with Gasteiger partial charge >= 0.3 is 4.05 Å². The first-order valence-corrected chi connectivity index (χ1v) is 13.0. The number of benzene rings is 1. The highest BCUT2D eigenvalue weighted by molar-refractivity contribution is 14.1. The fourth-order valence-electron chi connectivity index (χ4n) is 3.68. The summed E-state index contributed by atoms with van der Waals surface area (Å²) in [5.74, 6) is 0.560. The van der Waals surface area contributed by atoms with Gasteiger partial charge in [0.25, 0.3) is 5.91 Å². The van der Waals surface area contributed by atoms with Crippen molar-refractivity contribution in [3.63, 3.8) is 0 Å². The van der Waals surface area contributed by atoms with Crippen molar-refractivity contribution in [3.8, 4) is 0 Å². The number of amides is 2. The minimum Gasteiger partial charge on any atom is -0.420 e. The van der Waals surface area contributed by atoms with E-state index in [2.05, 4.69) is 44.7 Å². The fraction of sp³-hybridized carbons (Fsp3) is 0.429. The van der Waals surface area contributed by atoms with Crippen molar-refractivity contribution in [2.45, 2.75) is 46.7 Å². The molecule has 1 aromatic carbocycles. The number of primary amides is 1. The van der Waals surface area contributed by atoms with Crippen LogP contribution in [0.4, 0.5) is 5.95 Å². The number of anilines is 1. The van der Waals surface area contributed by atoms with E-state index in [9.17, 15) is 9.59 Å². The van der Waals surface area contributed by atoms with Gasteiger partial charge in [-0.25, -0.2) is 4.98 Å². The first kappa shape index (κ1) is 25.6. The number of aryl methyl sites for hydroxylation is 4. The van der Waals surface area contributed by atoms with Crippen molar-refractivity contribution in [1.82, 2.24) is 19.3 Å². The highest BCUT2D eigenvalue weighted by Crippen LogP contribution is 2.26. The largest absolute Gasteiger partial charge is 0.434 e. The van der Waals surface area contributed by atoms with E-state index < -0.39 is 5.91 Å². The monoisotopic (exact) mass is 582 g/mol. The van der Waals surface area contributed by atoms with Crippen molar-refractivity contribution in [3.05, 3.63) is 40.7 Å². The van der Waals surface area contributed by atoms with Crippen molar-refractivity contribution in [1.29, 1.82) is 0 Å². The molecule has 0 aliphatic rings. The molecule has 0 atom stereocenters. The molecule has 0 fully saturated rings. The van der Waals surface area contributed by atoms with Crippen molar-refractivity contribution >= 4 is 66.8 Å². The Morgan fingerprint density at radius 2 is 2.03 bits per heavy atom. The predicted octanol–water partition coefficient (Wildman–Crippen LogP) is 3.80. The van der Waals surface area contributed by atoms with Crippen LogP contribution in [0.3, 0.4) is 0 Å². The molecular formula is C21H28BIN6O3S. The van der Waals surface area contributed by atoms with Gasteiger partial charge in [0.05, 0.1) is 16.7 Å². The molecule has 2 aromatic heterocycles. The number of imidazole rings is 1. The van der Waals surface area contributed by atoms with Crippen LogP contribution in [0.15, 0.2) is 18.2 Å². The van der Waals surface area contributed by atoms with Crippen LogP contribution in [0.1, 0.15) is 51.9 Å². The zero-order valence-corrected chi connectivity index (χ0v) is 22.2. The van der Waals surface area contributed by atoms with Gasteiger partial charge in [-0.1, -0.05) is 29.3 Å². The van der Waals surface area contributed by atoms with E-state index in [1.165, 1.54) is 0 Å². The standard InChI is InChI=1S/C21H28BIN6O3S/c1-5-7-28-18-13(2)10-15(19(24)30)12-16(18)25-21(28)26-20(31)17-11-14(3)27-29(17)8-6-9-33-22(23)32-4/h10-12H,5-9H2,1-4H3,(H2,24,30)(H,25,26,31). The van der Waals surface area contributed by atoms with Crippen molar-refractivity contribution in [2.24, 2.45) is 5.73 Å². The molecule has 3 rings (SSSR count). The summed E-state index contributed by atoms with van der Waals surface area (Å²) in [5, 5.41) is 7.45. The maximum absolute atomic E-state index is 13.2. The molecule has 0 unspecified atom stereocenters. The molecule has 0 saturated heterocycles. The Morgan fingerprint density at radius 1 is 1.27 bits per heavy atom. The lowest BCUT2D eigenvalue weighted by Gasteiger charge is -2.11. The van der Waals surface area contributed by atoms with Crippen LogP contribution in [0.25, 0.3) is 11.0 Å². The molecule has 3 N–H and O–H groups in total. The number of nitrogens with zero attached hydrogens (tertiary/aromatic N) is 4. The number of aromatic nitrogens is 4. The van der Waals surface area contributed by atoms with Crippen LogP contribution in [0.5, 0.6) is 0 Å². The van der Waals surface area contributed by atoms with E-state index in [0.29, 0.717) is 35.8 Å². The number of rotatable bonds is 11. The fourth-order valence-corrected chi connectivity index (χ4v) is 5.06. The topological polar surface area (TPSA) is 117 Å². The SMILES string of the molecule is CCCn1c(NC(=O)c2cc(C)nn2CCCSB(I)OC)nc2cc(C(N)=O)cc(C)c21. The van der Waals surface area contributed by atoms with E-state index in [4.69, 9.17) is 10.4 Å². The Morgan fingerprint density at radius 3 is 2.70 bits per heavy atom. The third kappa shape index (κ3) is 6.09. The second-order valence-corrected chi connectivity index (χ2v) is 10.8. The normalized spacial score (nSPS) is 11.2. The second kappa shape index (κ2) is 11.4. The van der Waals surface area contributed by atoms with Crippen LogP contribution < -0.4 is 11.1 Å². The molecule has 0 saturated carbocycles. The molecule has 3 aromatic rings. The van der Waals surface area contributed by atoms with Crippen LogP contribution in [0.2, 0.25) is 0 Å². The number of halogens is 1. The smallest absolute Gasteiger partial charge is 0.420 e. The number of fused-ring (bicyclic) bond motifs is 1. The highest BCUT2D eigenvalue weighted by atomic mass is 127. The summed E-state index contributed by atoms with van der Waals surface area (Å²) < 4.78 is 9.07. The first-order valence-electron chi connectivity index (χ1n) is 10.7. The minimum absolute atomic E-state index is 0.106. The van der Waals surface area contributed by atoms with E-state index in [-0.39, 0.29) is 9.96 Å². The van der Waals surface area contributed by atoms with Gasteiger partial charge in [0.2, 0.25) is 11.9 Å². The summed E-state index contributed by atoms with van der Waals surface area (Å²) in [5.41, 5.74) is 9.51. The maximum Gasteiger partial charge on any atom is 0.434 e. The van der Waals surface area contributed by atoms with Gasteiger partial charge in [0, 0.05) is 25.8 Å². The summed E-state index contributed by atoms with van der Waals surface area (Å²) in [4.78, 5) is 29.5. The average Bonchev–Trinajstić information content (AvgIpc) is 3.31. The Hall–Kier alpha value is -2.06. The Bertz CT molecular complexity index is 1160. The Balaban J connectivity index is 1.85. The molecule has 0 spiro atoms. The van der Waals surface area contributed by atoms with Crippen LogP contribution in [-0.4, -0.2) is 48.1 Å². The molecule has 0 bridgehead atoms. The molecule has 33 heavy (non-hydrogen) atoms. The lowest BCUT2D eigenvalue weighted by atomic mass is 10.1.